The van der Waals surface area contributed by atoms with Crippen molar-refractivity contribution in [3.8, 4) is 0 Å². The van der Waals surface area contributed by atoms with Crippen molar-refractivity contribution in [2.24, 2.45) is 0 Å². The minimum Gasteiger partial charge on any atom is -0.481 e. The summed E-state index contributed by atoms with van der Waals surface area (Å²) in [5.74, 6) is -1.66. The van der Waals surface area contributed by atoms with Crippen LogP contribution < -0.4 is 9.80 Å². The fourth-order valence-electron chi connectivity index (χ4n) is 3.33. The summed E-state index contributed by atoms with van der Waals surface area (Å²) >= 11 is 11.0. The summed E-state index contributed by atoms with van der Waals surface area (Å²) in [6.07, 6.45) is 0.134. The molecule has 0 saturated carbocycles. The Labute approximate surface area is 173 Å². The molecule has 1 aromatic rings. The second-order valence-electron chi connectivity index (χ2n) is 6.65. The molecule has 3 rings (SSSR count). The molecular formula is C18H22N4O4S2. The topological polar surface area (TPSA) is 87.6 Å². The molecule has 0 radical (unpaired) electrons. The first kappa shape index (κ1) is 20.3. The van der Waals surface area contributed by atoms with Crippen molar-refractivity contribution in [1.82, 2.24) is 9.80 Å². The molecular weight excluding hydrogens is 400 g/mol. The third-order valence-electron chi connectivity index (χ3n) is 4.85. The van der Waals surface area contributed by atoms with E-state index in [0.29, 0.717) is 36.4 Å². The summed E-state index contributed by atoms with van der Waals surface area (Å²) in [6, 6.07) is 7.91. The highest BCUT2D eigenvalue weighted by atomic mass is 32.1. The second-order valence-corrected chi connectivity index (χ2v) is 7.38. The zero-order valence-corrected chi connectivity index (χ0v) is 16.9. The van der Waals surface area contributed by atoms with Crippen molar-refractivity contribution < 1.29 is 19.8 Å². The molecule has 0 spiro atoms. The first-order valence-corrected chi connectivity index (χ1v) is 9.85. The van der Waals surface area contributed by atoms with E-state index in [2.05, 4.69) is 0 Å². The van der Waals surface area contributed by atoms with Gasteiger partial charge in [-0.3, -0.25) is 9.59 Å². The highest BCUT2D eigenvalue weighted by Gasteiger charge is 2.28. The molecule has 0 aromatic heterocycles. The largest absolute Gasteiger partial charge is 0.481 e. The first-order valence-electron chi connectivity index (χ1n) is 9.03. The Kier molecular flexibility index (Phi) is 6.30. The monoisotopic (exact) mass is 422 g/mol. The van der Waals surface area contributed by atoms with E-state index in [1.54, 1.807) is 0 Å². The number of rotatable bonds is 8. The lowest BCUT2D eigenvalue weighted by molar-refractivity contribution is -0.138. The third kappa shape index (κ3) is 4.50. The smallest absolute Gasteiger partial charge is 0.305 e. The fourth-order valence-corrected chi connectivity index (χ4v) is 4.09. The lowest BCUT2D eigenvalue weighted by atomic mass is 10.2. The Hall–Kier alpha value is -2.46. The van der Waals surface area contributed by atoms with Crippen LogP contribution in [0.15, 0.2) is 24.3 Å². The van der Waals surface area contributed by atoms with Gasteiger partial charge in [0.25, 0.3) is 0 Å². The van der Waals surface area contributed by atoms with Crippen molar-refractivity contribution in [1.29, 1.82) is 0 Å². The predicted octanol–water partition coefficient (Wildman–Crippen LogP) is 1.45. The van der Waals surface area contributed by atoms with Crippen LogP contribution in [-0.4, -0.2) is 81.4 Å². The molecule has 2 aliphatic rings. The molecule has 0 aliphatic carbocycles. The molecule has 0 amide bonds. The summed E-state index contributed by atoms with van der Waals surface area (Å²) in [7, 11) is 0. The van der Waals surface area contributed by atoms with Crippen LogP contribution in [0, 0.1) is 0 Å². The molecule has 0 atom stereocenters. The quantitative estimate of drug-likeness (QED) is 0.600. The van der Waals surface area contributed by atoms with Gasteiger partial charge in [-0.2, -0.15) is 0 Å². The van der Waals surface area contributed by atoms with Crippen molar-refractivity contribution in [2.75, 3.05) is 49.1 Å². The van der Waals surface area contributed by atoms with E-state index in [9.17, 15) is 9.59 Å². The molecule has 0 unspecified atom stereocenters. The molecule has 10 heteroatoms. The molecule has 0 bridgehead atoms. The minimum atomic E-state index is -0.829. The number of hydrogen-bond acceptors (Lipinski definition) is 4. The number of carbonyl (C=O) groups is 2. The number of carboxylic acids is 2. The Bertz CT molecular complexity index is 721. The molecule has 2 heterocycles. The van der Waals surface area contributed by atoms with Gasteiger partial charge in [-0.15, -0.1) is 0 Å². The van der Waals surface area contributed by atoms with Crippen LogP contribution >= 0.6 is 24.4 Å². The average Bonchev–Trinajstić information content (AvgIpc) is 3.21. The van der Waals surface area contributed by atoms with Crippen molar-refractivity contribution >= 4 is 58.0 Å². The Morgan fingerprint density at radius 2 is 1.11 bits per heavy atom. The second kappa shape index (κ2) is 8.70. The van der Waals surface area contributed by atoms with Crippen LogP contribution in [0.2, 0.25) is 0 Å². The van der Waals surface area contributed by atoms with E-state index in [0.717, 1.165) is 24.5 Å². The van der Waals surface area contributed by atoms with Gasteiger partial charge in [0, 0.05) is 50.6 Å². The van der Waals surface area contributed by atoms with E-state index < -0.39 is 11.9 Å². The predicted molar refractivity (Wildman–Crippen MR) is 114 cm³/mol. The maximum atomic E-state index is 10.8. The van der Waals surface area contributed by atoms with Crippen molar-refractivity contribution in [3.05, 3.63) is 24.3 Å². The average molecular weight is 423 g/mol. The van der Waals surface area contributed by atoms with E-state index in [1.165, 1.54) is 0 Å². The van der Waals surface area contributed by atoms with Gasteiger partial charge < -0.3 is 29.8 Å². The maximum Gasteiger partial charge on any atom is 0.305 e. The summed E-state index contributed by atoms with van der Waals surface area (Å²) in [5.41, 5.74) is 1.92. The lowest BCUT2D eigenvalue weighted by Gasteiger charge is -2.24. The number of hydrogen-bond donors (Lipinski definition) is 2. The fraction of sp³-hybridized carbons (Fsp3) is 0.444. The van der Waals surface area contributed by atoms with Crippen LogP contribution in [0.25, 0.3) is 0 Å². The normalized spacial score (nSPS) is 17.0. The highest BCUT2D eigenvalue weighted by molar-refractivity contribution is 7.80. The number of benzene rings is 1. The number of aliphatic carboxylic acids is 2. The third-order valence-corrected chi connectivity index (χ3v) is 5.81. The summed E-state index contributed by atoms with van der Waals surface area (Å²) < 4.78 is 0. The highest BCUT2D eigenvalue weighted by Crippen LogP contribution is 2.26. The van der Waals surface area contributed by atoms with Gasteiger partial charge in [-0.25, -0.2) is 0 Å². The number of anilines is 2. The van der Waals surface area contributed by atoms with Crippen molar-refractivity contribution in [2.45, 2.75) is 12.8 Å². The van der Waals surface area contributed by atoms with E-state index >= 15 is 0 Å². The van der Waals surface area contributed by atoms with Crippen molar-refractivity contribution in [3.63, 3.8) is 0 Å². The van der Waals surface area contributed by atoms with E-state index in [-0.39, 0.29) is 12.8 Å². The van der Waals surface area contributed by atoms with Gasteiger partial charge in [0.15, 0.2) is 10.2 Å². The zero-order valence-electron chi connectivity index (χ0n) is 15.3. The number of nitrogens with zero attached hydrogens (tertiary/aromatic N) is 4. The lowest BCUT2D eigenvalue weighted by Crippen LogP contribution is -2.33. The van der Waals surface area contributed by atoms with Gasteiger partial charge in [0.05, 0.1) is 12.8 Å². The number of carboxylic acid groups (broad SMARTS) is 2. The molecule has 2 saturated heterocycles. The van der Waals surface area contributed by atoms with E-state index in [4.69, 9.17) is 34.6 Å². The van der Waals surface area contributed by atoms with Gasteiger partial charge >= 0.3 is 11.9 Å². The van der Waals surface area contributed by atoms with E-state index in [1.807, 2.05) is 43.9 Å². The summed E-state index contributed by atoms with van der Waals surface area (Å²) in [4.78, 5) is 29.4. The first-order chi connectivity index (χ1) is 13.4. The summed E-state index contributed by atoms with van der Waals surface area (Å²) in [6.45, 7) is 3.70. The van der Waals surface area contributed by atoms with Crippen LogP contribution in [0.1, 0.15) is 12.8 Å². The van der Waals surface area contributed by atoms with Crippen LogP contribution in [0.3, 0.4) is 0 Å². The molecule has 28 heavy (non-hydrogen) atoms. The minimum absolute atomic E-state index is 0.0672. The molecule has 2 aliphatic heterocycles. The molecule has 2 N–H and O–H groups in total. The molecule has 8 nitrogen and oxygen atoms in total. The molecule has 1 aromatic carbocycles. The van der Waals surface area contributed by atoms with Gasteiger partial charge in [-0.05, 0) is 48.7 Å². The molecule has 2 fully saturated rings. The zero-order chi connectivity index (χ0) is 20.3. The Morgan fingerprint density at radius 3 is 1.43 bits per heavy atom. The Balaban J connectivity index is 1.61. The van der Waals surface area contributed by atoms with Crippen LogP contribution in [-0.2, 0) is 9.59 Å². The Morgan fingerprint density at radius 1 is 0.750 bits per heavy atom. The SMILES string of the molecule is O=C(O)CCN1CCN(c2ccc(N3CCN(CCC(=O)O)C3=S)cc2)C1=S. The van der Waals surface area contributed by atoms with Gasteiger partial charge in [-0.1, -0.05) is 0 Å². The van der Waals surface area contributed by atoms with Gasteiger partial charge in [0.1, 0.15) is 0 Å². The maximum absolute atomic E-state index is 10.8. The van der Waals surface area contributed by atoms with Crippen LogP contribution in [0.4, 0.5) is 11.4 Å². The standard InChI is InChI=1S/C18H22N4O4S2/c23-15(24)5-7-19-9-11-21(17(19)27)13-1-2-14(4-3-13)22-12-10-20(18(22)28)8-6-16(25)26/h1-4H,5-12H2,(H,23,24)(H,25,26). The van der Waals surface area contributed by atoms with Gasteiger partial charge in [0.2, 0.25) is 0 Å². The molecule has 150 valence electrons. The summed E-state index contributed by atoms with van der Waals surface area (Å²) in [5, 5.41) is 19.0. The number of thiocarbonyl (C=S) groups is 2. The van der Waals surface area contributed by atoms with Crippen LogP contribution in [0.5, 0.6) is 0 Å².